The topological polar surface area (TPSA) is 53.1 Å². The van der Waals surface area contributed by atoms with E-state index < -0.39 is 6.04 Å². The molecule has 4 rings (SSSR count). The number of anilines is 3. The van der Waals surface area contributed by atoms with Crippen molar-refractivity contribution in [2.24, 2.45) is 0 Å². The van der Waals surface area contributed by atoms with E-state index in [1.807, 2.05) is 85.7 Å². The zero-order valence-electron chi connectivity index (χ0n) is 17.9. The number of piperazine rings is 1. The molecular formula is C25H25N3O3. The Kier molecular flexibility index (Phi) is 5.62. The predicted octanol–water partition coefficient (Wildman–Crippen LogP) is 3.88. The minimum Gasteiger partial charge on any atom is -0.495 e. The van der Waals surface area contributed by atoms with Crippen molar-refractivity contribution in [3.63, 3.8) is 0 Å². The van der Waals surface area contributed by atoms with Crippen molar-refractivity contribution in [2.75, 3.05) is 42.4 Å². The molecule has 1 saturated heterocycles. The maximum Gasteiger partial charge on any atom is 0.255 e. The van der Waals surface area contributed by atoms with Gasteiger partial charge in [0.15, 0.2) is 0 Å². The van der Waals surface area contributed by atoms with Crippen molar-refractivity contribution in [1.82, 2.24) is 0 Å². The monoisotopic (exact) mass is 415 g/mol. The van der Waals surface area contributed by atoms with Crippen LogP contribution in [-0.2, 0) is 9.59 Å². The fourth-order valence-electron chi connectivity index (χ4n) is 3.88. The lowest BCUT2D eigenvalue weighted by Gasteiger charge is -2.40. The SMILES string of the molecule is COc1ccccc1N1CC(=O)N(c2ccccc2)[C@@H](c2ccc(N(C)C)cc2)C1=O. The molecule has 3 aromatic rings. The van der Waals surface area contributed by atoms with Crippen molar-refractivity contribution in [2.45, 2.75) is 6.04 Å². The number of carbonyl (C=O) groups excluding carboxylic acids is 2. The maximum absolute atomic E-state index is 13.8. The van der Waals surface area contributed by atoms with Crippen LogP contribution < -0.4 is 19.4 Å². The number of hydrogen-bond donors (Lipinski definition) is 0. The molecule has 3 aromatic carbocycles. The molecular weight excluding hydrogens is 390 g/mol. The Bertz CT molecular complexity index is 1080. The van der Waals surface area contributed by atoms with Gasteiger partial charge < -0.3 is 9.64 Å². The average molecular weight is 415 g/mol. The molecule has 158 valence electrons. The van der Waals surface area contributed by atoms with Crippen LogP contribution in [0.5, 0.6) is 5.75 Å². The van der Waals surface area contributed by atoms with Gasteiger partial charge in [0.05, 0.1) is 12.8 Å². The van der Waals surface area contributed by atoms with E-state index in [-0.39, 0.29) is 18.4 Å². The van der Waals surface area contributed by atoms with Gasteiger partial charge in [-0.05, 0) is 42.0 Å². The summed E-state index contributed by atoms with van der Waals surface area (Å²) < 4.78 is 5.45. The van der Waals surface area contributed by atoms with Crippen LogP contribution >= 0.6 is 0 Å². The van der Waals surface area contributed by atoms with Crippen LogP contribution in [0, 0.1) is 0 Å². The lowest BCUT2D eigenvalue weighted by molar-refractivity contribution is -0.128. The van der Waals surface area contributed by atoms with Gasteiger partial charge in [0.25, 0.3) is 5.91 Å². The lowest BCUT2D eigenvalue weighted by atomic mass is 9.99. The summed E-state index contributed by atoms with van der Waals surface area (Å²) in [6.45, 7) is -0.0552. The van der Waals surface area contributed by atoms with Gasteiger partial charge in [-0.2, -0.15) is 0 Å². The molecule has 0 aromatic heterocycles. The van der Waals surface area contributed by atoms with Gasteiger partial charge in [0.1, 0.15) is 18.3 Å². The lowest BCUT2D eigenvalue weighted by Crippen LogP contribution is -2.56. The molecule has 0 bridgehead atoms. The summed E-state index contributed by atoms with van der Waals surface area (Å²) in [5.41, 5.74) is 3.06. The molecule has 6 nitrogen and oxygen atoms in total. The van der Waals surface area contributed by atoms with Crippen LogP contribution in [-0.4, -0.2) is 39.6 Å². The largest absolute Gasteiger partial charge is 0.495 e. The Hall–Kier alpha value is -3.80. The number of methoxy groups -OCH3 is 1. The Morgan fingerprint density at radius 3 is 2.16 bits per heavy atom. The van der Waals surface area contributed by atoms with E-state index in [2.05, 4.69) is 0 Å². The first kappa shape index (κ1) is 20.5. The normalized spacial score (nSPS) is 16.4. The summed E-state index contributed by atoms with van der Waals surface area (Å²) in [6, 6.07) is 23.6. The van der Waals surface area contributed by atoms with E-state index in [1.165, 1.54) is 4.90 Å². The molecule has 0 radical (unpaired) electrons. The number of rotatable bonds is 5. The van der Waals surface area contributed by atoms with Crippen LogP contribution in [0.3, 0.4) is 0 Å². The molecule has 0 unspecified atom stereocenters. The highest BCUT2D eigenvalue weighted by atomic mass is 16.5. The fraction of sp³-hybridized carbons (Fsp3) is 0.200. The number of hydrogen-bond acceptors (Lipinski definition) is 4. The number of nitrogens with zero attached hydrogens (tertiary/aromatic N) is 3. The van der Waals surface area contributed by atoms with E-state index in [0.717, 1.165) is 11.3 Å². The Morgan fingerprint density at radius 1 is 0.871 bits per heavy atom. The predicted molar refractivity (Wildman–Crippen MR) is 123 cm³/mol. The third-order valence-corrected chi connectivity index (χ3v) is 5.46. The van der Waals surface area contributed by atoms with Crippen LogP contribution in [0.4, 0.5) is 17.1 Å². The summed E-state index contributed by atoms with van der Waals surface area (Å²) in [7, 11) is 5.48. The quantitative estimate of drug-likeness (QED) is 0.635. The fourth-order valence-corrected chi connectivity index (χ4v) is 3.88. The van der Waals surface area contributed by atoms with Gasteiger partial charge in [0.2, 0.25) is 5.91 Å². The van der Waals surface area contributed by atoms with Crippen molar-refractivity contribution in [3.8, 4) is 5.75 Å². The highest BCUT2D eigenvalue weighted by molar-refractivity contribution is 6.15. The van der Waals surface area contributed by atoms with Gasteiger partial charge in [-0.1, -0.05) is 42.5 Å². The first-order valence-electron chi connectivity index (χ1n) is 10.1. The second kappa shape index (κ2) is 8.52. The van der Waals surface area contributed by atoms with E-state index in [0.29, 0.717) is 17.1 Å². The zero-order chi connectivity index (χ0) is 22.0. The standard InChI is InChI=1S/C25H25N3O3/c1-26(2)19-15-13-18(14-16-19)24-25(30)27(21-11-7-8-12-22(21)31-3)17-23(29)28(24)20-9-5-4-6-10-20/h4-16,24H,17H2,1-3H3/t24-/m0/s1. The minimum atomic E-state index is -0.773. The zero-order valence-corrected chi connectivity index (χ0v) is 17.9. The van der Waals surface area contributed by atoms with Crippen LogP contribution in [0.15, 0.2) is 78.9 Å². The molecule has 6 heteroatoms. The van der Waals surface area contributed by atoms with Crippen LogP contribution in [0.2, 0.25) is 0 Å². The van der Waals surface area contributed by atoms with Crippen molar-refractivity contribution in [1.29, 1.82) is 0 Å². The molecule has 1 fully saturated rings. The summed E-state index contributed by atoms with van der Waals surface area (Å²) in [6.07, 6.45) is 0. The summed E-state index contributed by atoms with van der Waals surface area (Å²) in [5.74, 6) is 0.225. The number of benzene rings is 3. The molecule has 1 heterocycles. The smallest absolute Gasteiger partial charge is 0.255 e. The maximum atomic E-state index is 13.8. The second-order valence-corrected chi connectivity index (χ2v) is 7.58. The molecule has 31 heavy (non-hydrogen) atoms. The Morgan fingerprint density at radius 2 is 1.52 bits per heavy atom. The molecule has 0 N–H and O–H groups in total. The van der Waals surface area contributed by atoms with Gasteiger partial charge in [-0.3, -0.25) is 19.4 Å². The van der Waals surface area contributed by atoms with E-state index in [9.17, 15) is 9.59 Å². The van der Waals surface area contributed by atoms with Crippen molar-refractivity contribution >= 4 is 28.9 Å². The molecule has 0 saturated carbocycles. The Labute approximate surface area is 182 Å². The third kappa shape index (κ3) is 3.84. The highest BCUT2D eigenvalue weighted by Crippen LogP contribution is 2.37. The van der Waals surface area contributed by atoms with E-state index >= 15 is 0 Å². The summed E-state index contributed by atoms with van der Waals surface area (Å²) >= 11 is 0. The molecule has 0 spiro atoms. The Balaban J connectivity index is 1.81. The van der Waals surface area contributed by atoms with Gasteiger partial charge in [-0.15, -0.1) is 0 Å². The first-order valence-corrected chi connectivity index (χ1v) is 10.1. The van der Waals surface area contributed by atoms with Gasteiger partial charge >= 0.3 is 0 Å². The van der Waals surface area contributed by atoms with Crippen LogP contribution in [0.1, 0.15) is 11.6 Å². The molecule has 2 amide bonds. The molecule has 1 aliphatic rings. The second-order valence-electron chi connectivity index (χ2n) is 7.58. The van der Waals surface area contributed by atoms with E-state index in [4.69, 9.17) is 4.74 Å². The van der Waals surface area contributed by atoms with Crippen LogP contribution in [0.25, 0.3) is 0 Å². The number of ether oxygens (including phenoxy) is 1. The molecule has 1 aliphatic heterocycles. The first-order chi connectivity index (χ1) is 15.0. The average Bonchev–Trinajstić information content (AvgIpc) is 2.80. The van der Waals surface area contributed by atoms with Crippen molar-refractivity contribution in [3.05, 3.63) is 84.4 Å². The summed E-state index contributed by atoms with van der Waals surface area (Å²) in [4.78, 5) is 32.3. The number of para-hydroxylation sites is 3. The van der Waals surface area contributed by atoms with Crippen molar-refractivity contribution < 1.29 is 14.3 Å². The minimum absolute atomic E-state index is 0.0552. The van der Waals surface area contributed by atoms with Gasteiger partial charge in [-0.25, -0.2) is 0 Å². The number of amides is 2. The third-order valence-electron chi connectivity index (χ3n) is 5.46. The number of carbonyl (C=O) groups is 2. The highest BCUT2D eigenvalue weighted by Gasteiger charge is 2.42. The summed E-state index contributed by atoms with van der Waals surface area (Å²) in [5, 5.41) is 0. The van der Waals surface area contributed by atoms with E-state index in [1.54, 1.807) is 24.1 Å². The van der Waals surface area contributed by atoms with Gasteiger partial charge in [0, 0.05) is 25.5 Å². The molecule has 1 atom stereocenters. The molecule has 0 aliphatic carbocycles.